The van der Waals surface area contributed by atoms with E-state index >= 15 is 0 Å². The monoisotopic (exact) mass is 269 g/mol. The van der Waals surface area contributed by atoms with Gasteiger partial charge < -0.3 is 14.7 Å². The number of hydrogen-bond acceptors (Lipinski definition) is 6. The lowest BCUT2D eigenvalue weighted by atomic mass is 10.2. The fourth-order valence-electron chi connectivity index (χ4n) is 1.56. The molecule has 0 fully saturated rings. The van der Waals surface area contributed by atoms with Gasteiger partial charge in [0, 0.05) is 33.4 Å². The molecule has 0 radical (unpaired) electrons. The third-order valence-corrected chi connectivity index (χ3v) is 2.50. The van der Waals surface area contributed by atoms with Crippen molar-refractivity contribution in [2.75, 3.05) is 32.2 Å². The number of carboxylic acid groups (broad SMARTS) is 1. The smallest absolute Gasteiger partial charge is 0.339 e. The molecule has 0 saturated heterocycles. The first-order chi connectivity index (χ1) is 8.97. The van der Waals surface area contributed by atoms with Crippen molar-refractivity contribution < 1.29 is 19.6 Å². The minimum Gasteiger partial charge on any atom is -0.478 e. The highest BCUT2D eigenvalue weighted by atomic mass is 16.6. The summed E-state index contributed by atoms with van der Waals surface area (Å²) < 4.78 is 4.90. The number of ether oxygens (including phenoxy) is 1. The Morgan fingerprint density at radius 3 is 2.84 bits per heavy atom. The van der Waals surface area contributed by atoms with Crippen LogP contribution >= 0.6 is 0 Å². The van der Waals surface area contributed by atoms with Crippen LogP contribution < -0.4 is 4.90 Å². The predicted molar refractivity (Wildman–Crippen MR) is 67.6 cm³/mol. The topological polar surface area (TPSA) is 106 Å². The minimum absolute atomic E-state index is 0.186. The van der Waals surface area contributed by atoms with Crippen LogP contribution in [0.3, 0.4) is 0 Å². The highest BCUT2D eigenvalue weighted by Crippen LogP contribution is 2.21. The lowest BCUT2D eigenvalue weighted by Gasteiger charge is -2.19. The maximum absolute atomic E-state index is 11.1. The summed E-state index contributed by atoms with van der Waals surface area (Å²) in [6, 6.07) is 1.01. The fourth-order valence-corrected chi connectivity index (χ4v) is 1.56. The maximum Gasteiger partial charge on any atom is 0.339 e. The number of methoxy groups -OCH3 is 1. The van der Waals surface area contributed by atoms with Crippen molar-refractivity contribution in [3.05, 3.63) is 27.9 Å². The minimum atomic E-state index is -1.25. The summed E-state index contributed by atoms with van der Waals surface area (Å²) in [4.78, 5) is 26.5. The zero-order valence-corrected chi connectivity index (χ0v) is 10.7. The third kappa shape index (κ3) is 3.88. The van der Waals surface area contributed by atoms with Crippen LogP contribution in [0.1, 0.15) is 16.8 Å². The molecule has 0 bridgehead atoms. The number of hydrogen-bond donors (Lipinski definition) is 1. The first-order valence-corrected chi connectivity index (χ1v) is 5.55. The Morgan fingerprint density at radius 2 is 2.32 bits per heavy atom. The van der Waals surface area contributed by atoms with Crippen LogP contribution in [0.4, 0.5) is 11.5 Å². The van der Waals surface area contributed by atoms with E-state index < -0.39 is 10.9 Å². The number of aromatic nitrogens is 1. The first-order valence-electron chi connectivity index (χ1n) is 5.55. The number of anilines is 1. The quantitative estimate of drug-likeness (QED) is 0.449. The van der Waals surface area contributed by atoms with E-state index in [0.717, 1.165) is 12.3 Å². The van der Waals surface area contributed by atoms with Crippen molar-refractivity contribution in [2.45, 2.75) is 6.42 Å². The van der Waals surface area contributed by atoms with E-state index in [9.17, 15) is 14.9 Å². The number of pyridine rings is 1. The zero-order chi connectivity index (χ0) is 14.4. The average molecular weight is 269 g/mol. The fraction of sp³-hybridized carbons (Fsp3) is 0.455. The van der Waals surface area contributed by atoms with Gasteiger partial charge in [0.1, 0.15) is 17.6 Å². The van der Waals surface area contributed by atoms with Crippen LogP contribution in [0.25, 0.3) is 0 Å². The van der Waals surface area contributed by atoms with Crippen LogP contribution in [0, 0.1) is 10.1 Å². The Kier molecular flexibility index (Phi) is 5.19. The first kappa shape index (κ1) is 14.8. The van der Waals surface area contributed by atoms with Crippen LogP contribution in [0.15, 0.2) is 12.3 Å². The molecular weight excluding hydrogens is 254 g/mol. The predicted octanol–water partition coefficient (Wildman–Crippen LogP) is 1.16. The van der Waals surface area contributed by atoms with Gasteiger partial charge in [0.05, 0.1) is 4.92 Å². The Morgan fingerprint density at radius 1 is 1.63 bits per heavy atom. The van der Waals surface area contributed by atoms with E-state index in [1.807, 2.05) is 0 Å². The molecule has 0 aromatic carbocycles. The molecule has 8 nitrogen and oxygen atoms in total. The van der Waals surface area contributed by atoms with Crippen molar-refractivity contribution >= 4 is 17.5 Å². The number of carboxylic acids is 1. The lowest BCUT2D eigenvalue weighted by Crippen LogP contribution is -2.23. The molecule has 104 valence electrons. The van der Waals surface area contributed by atoms with Gasteiger partial charge in [0.25, 0.3) is 5.69 Å². The van der Waals surface area contributed by atoms with Gasteiger partial charge in [0.2, 0.25) is 0 Å². The van der Waals surface area contributed by atoms with Crippen molar-refractivity contribution in [3.8, 4) is 0 Å². The summed E-state index contributed by atoms with van der Waals surface area (Å²) in [5, 5.41) is 19.7. The van der Waals surface area contributed by atoms with Gasteiger partial charge in [-0.3, -0.25) is 10.1 Å². The molecule has 1 aromatic heterocycles. The van der Waals surface area contributed by atoms with Gasteiger partial charge in [-0.15, -0.1) is 0 Å². The number of nitrogens with zero attached hydrogens (tertiary/aromatic N) is 3. The van der Waals surface area contributed by atoms with E-state index in [0.29, 0.717) is 19.6 Å². The van der Waals surface area contributed by atoms with Gasteiger partial charge >= 0.3 is 5.97 Å². The van der Waals surface area contributed by atoms with Gasteiger partial charge in [-0.1, -0.05) is 0 Å². The SMILES string of the molecule is COCCCN(C)c1ncc([N+](=O)[O-])cc1C(=O)O. The zero-order valence-electron chi connectivity index (χ0n) is 10.7. The van der Waals surface area contributed by atoms with Gasteiger partial charge in [-0.05, 0) is 6.42 Å². The summed E-state index contributed by atoms with van der Waals surface area (Å²) in [7, 11) is 3.25. The Bertz CT molecular complexity index is 477. The molecule has 0 aliphatic heterocycles. The lowest BCUT2D eigenvalue weighted by molar-refractivity contribution is -0.385. The van der Waals surface area contributed by atoms with E-state index in [1.165, 1.54) is 0 Å². The normalized spacial score (nSPS) is 10.2. The molecule has 0 saturated carbocycles. The summed E-state index contributed by atoms with van der Waals surface area (Å²) in [5.74, 6) is -1.04. The highest BCUT2D eigenvalue weighted by Gasteiger charge is 2.19. The molecule has 1 heterocycles. The molecular formula is C11H15N3O5. The summed E-state index contributed by atoms with van der Waals surface area (Å²) in [6.07, 6.45) is 1.75. The molecule has 0 spiro atoms. The molecule has 0 aliphatic rings. The second-order valence-corrected chi connectivity index (χ2v) is 3.89. The number of aromatic carboxylic acids is 1. The Balaban J connectivity index is 2.99. The Labute approximate surface area is 109 Å². The van der Waals surface area contributed by atoms with Crippen molar-refractivity contribution in [3.63, 3.8) is 0 Å². The second kappa shape index (κ2) is 6.64. The van der Waals surface area contributed by atoms with Crippen LogP contribution in [0.2, 0.25) is 0 Å². The van der Waals surface area contributed by atoms with E-state index in [2.05, 4.69) is 4.98 Å². The van der Waals surface area contributed by atoms with Gasteiger partial charge in [0.15, 0.2) is 0 Å². The van der Waals surface area contributed by atoms with Crippen molar-refractivity contribution in [2.24, 2.45) is 0 Å². The summed E-state index contributed by atoms with van der Waals surface area (Å²) in [6.45, 7) is 1.08. The van der Waals surface area contributed by atoms with Gasteiger partial charge in [-0.2, -0.15) is 0 Å². The van der Waals surface area contributed by atoms with Crippen molar-refractivity contribution in [1.82, 2.24) is 4.98 Å². The van der Waals surface area contributed by atoms with Crippen LogP contribution in [-0.2, 0) is 4.74 Å². The third-order valence-electron chi connectivity index (χ3n) is 2.50. The van der Waals surface area contributed by atoms with E-state index in [4.69, 9.17) is 9.84 Å². The molecule has 0 unspecified atom stereocenters. The van der Waals surface area contributed by atoms with E-state index in [1.54, 1.807) is 19.1 Å². The standard InChI is InChI=1S/C11H15N3O5/c1-13(4-3-5-19-2)10-9(11(15)16)6-8(7-12-10)14(17)18/h6-7H,3-5H2,1-2H3,(H,15,16). The molecule has 0 atom stereocenters. The van der Waals surface area contributed by atoms with Crippen molar-refractivity contribution in [1.29, 1.82) is 0 Å². The molecule has 1 N–H and O–H groups in total. The second-order valence-electron chi connectivity index (χ2n) is 3.89. The molecule has 1 aromatic rings. The van der Waals surface area contributed by atoms with Crippen LogP contribution in [-0.4, -0.2) is 48.3 Å². The molecule has 8 heteroatoms. The van der Waals surface area contributed by atoms with Crippen LogP contribution in [0.5, 0.6) is 0 Å². The molecule has 0 amide bonds. The molecule has 1 rings (SSSR count). The molecule has 19 heavy (non-hydrogen) atoms. The molecule has 0 aliphatic carbocycles. The largest absolute Gasteiger partial charge is 0.478 e. The Hall–Kier alpha value is -2.22. The number of rotatable bonds is 7. The number of nitro groups is 1. The summed E-state index contributed by atoms with van der Waals surface area (Å²) >= 11 is 0. The van der Waals surface area contributed by atoms with E-state index in [-0.39, 0.29) is 17.1 Å². The average Bonchev–Trinajstić information content (AvgIpc) is 2.38. The summed E-state index contributed by atoms with van der Waals surface area (Å²) in [5.41, 5.74) is -0.527. The van der Waals surface area contributed by atoms with Gasteiger partial charge in [-0.25, -0.2) is 9.78 Å². The number of carbonyl (C=O) groups is 1. The highest BCUT2D eigenvalue weighted by molar-refractivity contribution is 5.94. The maximum atomic E-state index is 11.1.